The second kappa shape index (κ2) is 7.79. The minimum Gasteiger partial charge on any atom is -0.149 e. The van der Waals surface area contributed by atoms with Crippen LogP contribution in [0.3, 0.4) is 0 Å². The molecule has 0 radical (unpaired) electrons. The van der Waals surface area contributed by atoms with Gasteiger partial charge in [0.05, 0.1) is 0 Å². The molecule has 0 aliphatic heterocycles. The van der Waals surface area contributed by atoms with Gasteiger partial charge in [0.15, 0.2) is 0 Å². The predicted molar refractivity (Wildman–Crippen MR) is 97.9 cm³/mol. The van der Waals surface area contributed by atoms with Crippen LogP contribution < -0.4 is 0 Å². The van der Waals surface area contributed by atoms with Gasteiger partial charge >= 0.3 is 0 Å². The van der Waals surface area contributed by atoms with E-state index < -0.39 is 0 Å². The Bertz CT molecular complexity index is 649. The number of hydrogen-bond donors (Lipinski definition) is 0. The number of halogens is 1. The van der Waals surface area contributed by atoms with Crippen LogP contribution in [0.15, 0.2) is 53.2 Å². The van der Waals surface area contributed by atoms with Crippen LogP contribution in [0.2, 0.25) is 5.02 Å². The lowest BCUT2D eigenvalue weighted by Gasteiger charge is -1.99. The van der Waals surface area contributed by atoms with Crippen LogP contribution in [0.1, 0.15) is 30.2 Å². The zero-order valence-electron chi connectivity index (χ0n) is 12.5. The first-order chi connectivity index (χ1) is 10.1. The van der Waals surface area contributed by atoms with Crippen molar-refractivity contribution in [2.75, 3.05) is 0 Å². The molecule has 0 N–H and O–H groups in total. The van der Waals surface area contributed by atoms with Crippen molar-refractivity contribution in [2.45, 2.75) is 26.7 Å². The van der Waals surface area contributed by atoms with Crippen molar-refractivity contribution in [1.82, 2.24) is 0 Å². The standard InChI is InChI=1S/C13H13ClS.C5H6S/c1-9(2)11-7-13(15-8-11)10-3-5-12(14)6-4-10;1-5-3-2-4-6-5/h3-9H,1-2H3;2-4H,1H3. The van der Waals surface area contributed by atoms with Crippen LogP contribution in [0.4, 0.5) is 0 Å². The van der Waals surface area contributed by atoms with Crippen molar-refractivity contribution in [3.05, 3.63) is 68.7 Å². The Hall–Kier alpha value is -1.09. The third-order valence-corrected chi connectivity index (χ3v) is 5.13. The van der Waals surface area contributed by atoms with E-state index in [4.69, 9.17) is 11.6 Å². The minimum atomic E-state index is 0.599. The van der Waals surface area contributed by atoms with Crippen LogP contribution >= 0.6 is 34.3 Å². The van der Waals surface area contributed by atoms with Gasteiger partial charge in [-0.1, -0.05) is 43.6 Å². The Morgan fingerprint density at radius 3 is 2.14 bits per heavy atom. The Balaban J connectivity index is 0.000000225. The molecule has 0 spiro atoms. The summed E-state index contributed by atoms with van der Waals surface area (Å²) in [5.41, 5.74) is 2.65. The van der Waals surface area contributed by atoms with E-state index in [0.717, 1.165) is 5.02 Å². The molecule has 110 valence electrons. The van der Waals surface area contributed by atoms with Crippen molar-refractivity contribution in [2.24, 2.45) is 0 Å². The normalized spacial score (nSPS) is 10.3. The lowest BCUT2D eigenvalue weighted by Crippen LogP contribution is -1.80. The summed E-state index contributed by atoms with van der Waals surface area (Å²) in [5.74, 6) is 0.599. The smallest absolute Gasteiger partial charge is 0.0406 e. The summed E-state index contributed by atoms with van der Waals surface area (Å²) in [6.45, 7) is 6.53. The SMILES string of the molecule is CC(C)c1csc(-c2ccc(Cl)cc2)c1.Cc1cccs1. The second-order valence-corrected chi connectivity index (χ2v) is 7.63. The highest BCUT2D eigenvalue weighted by Gasteiger charge is 2.05. The van der Waals surface area contributed by atoms with Crippen molar-refractivity contribution in [3.63, 3.8) is 0 Å². The van der Waals surface area contributed by atoms with Gasteiger partial charge < -0.3 is 0 Å². The molecule has 21 heavy (non-hydrogen) atoms. The molecule has 0 aliphatic carbocycles. The van der Waals surface area contributed by atoms with Crippen LogP contribution in [0, 0.1) is 6.92 Å². The average Bonchev–Trinajstić information content (AvgIpc) is 3.11. The Labute approximate surface area is 140 Å². The monoisotopic (exact) mass is 334 g/mol. The van der Waals surface area contributed by atoms with Crippen LogP contribution in [-0.2, 0) is 0 Å². The van der Waals surface area contributed by atoms with E-state index in [1.807, 2.05) is 12.1 Å². The Morgan fingerprint density at radius 2 is 1.71 bits per heavy atom. The highest BCUT2D eigenvalue weighted by Crippen LogP contribution is 2.30. The summed E-state index contributed by atoms with van der Waals surface area (Å²) in [7, 11) is 0. The van der Waals surface area contributed by atoms with Gasteiger partial charge in [0.2, 0.25) is 0 Å². The van der Waals surface area contributed by atoms with Gasteiger partial charge in [-0.15, -0.1) is 22.7 Å². The van der Waals surface area contributed by atoms with Crippen molar-refractivity contribution < 1.29 is 0 Å². The maximum Gasteiger partial charge on any atom is 0.0406 e. The fourth-order valence-corrected chi connectivity index (χ4v) is 3.51. The lowest BCUT2D eigenvalue weighted by molar-refractivity contribution is 0.872. The predicted octanol–water partition coefficient (Wildman–Crippen LogP) is 7.25. The molecule has 0 bridgehead atoms. The van der Waals surface area contributed by atoms with Crippen molar-refractivity contribution in [1.29, 1.82) is 0 Å². The fraction of sp³-hybridized carbons (Fsp3) is 0.222. The lowest BCUT2D eigenvalue weighted by atomic mass is 10.1. The first-order valence-electron chi connectivity index (χ1n) is 6.90. The third-order valence-electron chi connectivity index (χ3n) is 3.08. The molecule has 3 aromatic rings. The molecule has 0 atom stereocenters. The minimum absolute atomic E-state index is 0.599. The Morgan fingerprint density at radius 1 is 1.00 bits per heavy atom. The van der Waals surface area contributed by atoms with Crippen LogP contribution in [-0.4, -0.2) is 0 Å². The second-order valence-electron chi connectivity index (χ2n) is 5.13. The van der Waals surface area contributed by atoms with E-state index >= 15 is 0 Å². The zero-order valence-corrected chi connectivity index (χ0v) is 14.9. The molecule has 3 heteroatoms. The topological polar surface area (TPSA) is 0 Å². The van der Waals surface area contributed by atoms with E-state index in [-0.39, 0.29) is 0 Å². The zero-order chi connectivity index (χ0) is 15.2. The summed E-state index contributed by atoms with van der Waals surface area (Å²) in [6, 6.07) is 14.4. The summed E-state index contributed by atoms with van der Waals surface area (Å²) in [6.07, 6.45) is 0. The van der Waals surface area contributed by atoms with Crippen LogP contribution in [0.5, 0.6) is 0 Å². The quantitative estimate of drug-likeness (QED) is 0.463. The van der Waals surface area contributed by atoms with Gasteiger partial charge in [-0.2, -0.15) is 0 Å². The van der Waals surface area contributed by atoms with Crippen LogP contribution in [0.25, 0.3) is 10.4 Å². The summed E-state index contributed by atoms with van der Waals surface area (Å²) < 4.78 is 0. The van der Waals surface area contributed by atoms with E-state index in [1.165, 1.54) is 20.9 Å². The molecular formula is C18H19ClS2. The highest BCUT2D eigenvalue weighted by molar-refractivity contribution is 7.13. The van der Waals surface area contributed by atoms with Gasteiger partial charge in [0.1, 0.15) is 0 Å². The molecule has 2 heterocycles. The van der Waals surface area contributed by atoms with E-state index in [1.54, 1.807) is 22.7 Å². The first kappa shape index (κ1) is 16.3. The molecule has 0 aliphatic rings. The largest absolute Gasteiger partial charge is 0.149 e. The maximum atomic E-state index is 5.86. The maximum absolute atomic E-state index is 5.86. The summed E-state index contributed by atoms with van der Waals surface area (Å²) >= 11 is 9.43. The number of hydrogen-bond acceptors (Lipinski definition) is 2. The highest BCUT2D eigenvalue weighted by atomic mass is 35.5. The molecular weight excluding hydrogens is 316 g/mol. The number of aryl methyl sites for hydroxylation is 1. The number of benzene rings is 1. The molecule has 0 amide bonds. The molecule has 0 saturated carbocycles. The molecule has 1 aromatic carbocycles. The summed E-state index contributed by atoms with van der Waals surface area (Å²) in [5, 5.41) is 5.10. The molecule has 0 fully saturated rings. The first-order valence-corrected chi connectivity index (χ1v) is 9.04. The fourth-order valence-electron chi connectivity index (χ4n) is 1.78. The molecule has 0 unspecified atom stereocenters. The van der Waals surface area contributed by atoms with Gasteiger partial charge in [0.25, 0.3) is 0 Å². The van der Waals surface area contributed by atoms with Crippen molar-refractivity contribution >= 4 is 34.3 Å². The van der Waals surface area contributed by atoms with E-state index in [9.17, 15) is 0 Å². The number of rotatable bonds is 2. The van der Waals surface area contributed by atoms with E-state index in [2.05, 4.69) is 61.9 Å². The van der Waals surface area contributed by atoms with Gasteiger partial charge in [-0.3, -0.25) is 0 Å². The molecule has 3 rings (SSSR count). The number of thiophene rings is 2. The van der Waals surface area contributed by atoms with E-state index in [0.29, 0.717) is 5.92 Å². The van der Waals surface area contributed by atoms with Gasteiger partial charge in [-0.05, 0) is 59.0 Å². The van der Waals surface area contributed by atoms with Gasteiger partial charge in [-0.25, -0.2) is 0 Å². The average molecular weight is 335 g/mol. The molecule has 2 aromatic heterocycles. The van der Waals surface area contributed by atoms with Crippen molar-refractivity contribution in [3.8, 4) is 10.4 Å². The molecule has 0 nitrogen and oxygen atoms in total. The third kappa shape index (κ3) is 4.99. The summed E-state index contributed by atoms with van der Waals surface area (Å²) in [4.78, 5) is 2.70. The van der Waals surface area contributed by atoms with Gasteiger partial charge in [0, 0.05) is 14.8 Å². The Kier molecular flexibility index (Phi) is 6.04. The molecule has 0 saturated heterocycles.